The molecule has 4 heterocycles. The molecular formula is C18H13ClN6OS. The van der Waals surface area contributed by atoms with Gasteiger partial charge in [0.05, 0.1) is 23.1 Å². The number of nitrogens with two attached hydrogens (primary N) is 1. The van der Waals surface area contributed by atoms with Crippen LogP contribution in [0.25, 0.3) is 17.0 Å². The highest BCUT2D eigenvalue weighted by molar-refractivity contribution is 7.09. The first-order valence-corrected chi connectivity index (χ1v) is 9.11. The zero-order valence-corrected chi connectivity index (χ0v) is 15.7. The van der Waals surface area contributed by atoms with Crippen LogP contribution >= 0.6 is 22.9 Å². The number of aliphatic hydroxyl groups is 1. The van der Waals surface area contributed by atoms with Gasteiger partial charge in [-0.05, 0) is 19.1 Å². The molecule has 0 radical (unpaired) electrons. The first-order chi connectivity index (χ1) is 12.9. The molecule has 0 unspecified atom stereocenters. The molecule has 0 aromatic carbocycles. The SMILES string of the molecule is C[C@](O)(C#Cc1ccc2ncc(-c3nc(N)ncc3Cl)n2c1)c1nccs1. The molecule has 4 aromatic heterocycles. The van der Waals surface area contributed by atoms with E-state index in [1.54, 1.807) is 30.9 Å². The number of hydrogen-bond acceptors (Lipinski definition) is 7. The van der Waals surface area contributed by atoms with Crippen LogP contribution in [0.5, 0.6) is 0 Å². The Morgan fingerprint density at radius 2 is 2.11 bits per heavy atom. The summed E-state index contributed by atoms with van der Waals surface area (Å²) in [6.45, 7) is 1.61. The van der Waals surface area contributed by atoms with Crippen LogP contribution in [0.1, 0.15) is 17.5 Å². The van der Waals surface area contributed by atoms with Gasteiger partial charge in [0.15, 0.2) is 5.60 Å². The summed E-state index contributed by atoms with van der Waals surface area (Å²) in [5.74, 6) is 5.97. The molecule has 0 aliphatic rings. The van der Waals surface area contributed by atoms with Gasteiger partial charge in [0.1, 0.15) is 16.3 Å². The number of fused-ring (bicyclic) bond motifs is 1. The lowest BCUT2D eigenvalue weighted by molar-refractivity contribution is 0.122. The second kappa shape index (κ2) is 6.63. The highest BCUT2D eigenvalue weighted by Crippen LogP contribution is 2.27. The monoisotopic (exact) mass is 396 g/mol. The number of nitrogens with zero attached hydrogens (tertiary/aromatic N) is 5. The average Bonchev–Trinajstić information content (AvgIpc) is 3.32. The van der Waals surface area contributed by atoms with Crippen LogP contribution in [-0.2, 0) is 5.60 Å². The van der Waals surface area contributed by atoms with E-state index in [-0.39, 0.29) is 5.95 Å². The van der Waals surface area contributed by atoms with Crippen LogP contribution < -0.4 is 5.73 Å². The predicted molar refractivity (Wildman–Crippen MR) is 104 cm³/mol. The number of halogens is 1. The normalized spacial score (nSPS) is 13.1. The molecule has 4 aromatic rings. The van der Waals surface area contributed by atoms with E-state index in [1.165, 1.54) is 17.5 Å². The first-order valence-electron chi connectivity index (χ1n) is 7.85. The van der Waals surface area contributed by atoms with E-state index in [0.29, 0.717) is 32.6 Å². The van der Waals surface area contributed by atoms with Crippen molar-refractivity contribution in [1.82, 2.24) is 24.3 Å². The lowest BCUT2D eigenvalue weighted by Gasteiger charge is -2.11. The fourth-order valence-corrected chi connectivity index (χ4v) is 3.34. The molecule has 0 spiro atoms. The molecule has 1 atom stereocenters. The van der Waals surface area contributed by atoms with Crippen molar-refractivity contribution in [2.45, 2.75) is 12.5 Å². The zero-order valence-electron chi connectivity index (χ0n) is 14.1. The quantitative estimate of drug-likeness (QED) is 0.505. The van der Waals surface area contributed by atoms with Crippen molar-refractivity contribution in [1.29, 1.82) is 0 Å². The molecule has 0 aliphatic heterocycles. The van der Waals surface area contributed by atoms with Crippen molar-refractivity contribution in [2.75, 3.05) is 5.73 Å². The number of hydrogen-bond donors (Lipinski definition) is 2. The minimum atomic E-state index is -1.33. The summed E-state index contributed by atoms with van der Waals surface area (Å²) in [5, 5.41) is 13.2. The second-order valence-electron chi connectivity index (χ2n) is 5.87. The van der Waals surface area contributed by atoms with Crippen LogP contribution in [0.3, 0.4) is 0 Å². The number of rotatable bonds is 2. The van der Waals surface area contributed by atoms with Crippen LogP contribution in [-0.4, -0.2) is 29.4 Å². The number of thiazole rings is 1. The van der Waals surface area contributed by atoms with Crippen molar-refractivity contribution < 1.29 is 5.11 Å². The molecule has 0 fully saturated rings. The Morgan fingerprint density at radius 3 is 2.89 bits per heavy atom. The lowest BCUT2D eigenvalue weighted by atomic mass is 10.1. The number of nitrogen functional groups attached to an aromatic ring is 1. The maximum Gasteiger partial charge on any atom is 0.220 e. The molecular weight excluding hydrogens is 384 g/mol. The third kappa shape index (κ3) is 3.36. The van der Waals surface area contributed by atoms with Gasteiger partial charge in [-0.1, -0.05) is 23.4 Å². The van der Waals surface area contributed by atoms with E-state index in [1.807, 2.05) is 16.5 Å². The summed E-state index contributed by atoms with van der Waals surface area (Å²) in [7, 11) is 0. The van der Waals surface area contributed by atoms with Crippen molar-refractivity contribution >= 4 is 34.5 Å². The van der Waals surface area contributed by atoms with Gasteiger partial charge < -0.3 is 10.8 Å². The first kappa shape index (κ1) is 17.4. The Labute approximate surface area is 163 Å². The summed E-state index contributed by atoms with van der Waals surface area (Å²) in [6.07, 6.45) is 6.55. The van der Waals surface area contributed by atoms with Gasteiger partial charge in [0.2, 0.25) is 5.95 Å². The van der Waals surface area contributed by atoms with Crippen LogP contribution in [0.2, 0.25) is 5.02 Å². The van der Waals surface area contributed by atoms with Gasteiger partial charge >= 0.3 is 0 Å². The Morgan fingerprint density at radius 1 is 1.26 bits per heavy atom. The molecule has 0 bridgehead atoms. The van der Waals surface area contributed by atoms with Crippen molar-refractivity contribution in [3.8, 4) is 23.2 Å². The third-order valence-corrected chi connectivity index (χ3v) is 5.07. The van der Waals surface area contributed by atoms with Crippen LogP contribution in [0, 0.1) is 11.8 Å². The standard InChI is InChI=1S/C18H13ClN6OS/c1-18(26,16-21-6-7-27-16)5-4-11-2-3-14-22-9-13(25(14)10-11)15-12(19)8-23-17(20)24-15/h2-3,6-10,26H,1H3,(H2,20,23,24)/t18-/m0/s1. The molecule has 9 heteroatoms. The summed E-state index contributed by atoms with van der Waals surface area (Å²) in [6, 6.07) is 3.65. The Kier molecular flexibility index (Phi) is 4.28. The molecule has 3 N–H and O–H groups in total. The van der Waals surface area contributed by atoms with Gasteiger partial charge in [-0.15, -0.1) is 11.3 Å². The minimum absolute atomic E-state index is 0.125. The predicted octanol–water partition coefficient (Wildman–Crippen LogP) is 2.74. The molecule has 27 heavy (non-hydrogen) atoms. The number of aromatic nitrogens is 5. The lowest BCUT2D eigenvalue weighted by Crippen LogP contribution is -2.17. The third-order valence-electron chi connectivity index (χ3n) is 3.81. The van der Waals surface area contributed by atoms with Gasteiger partial charge in [-0.25, -0.2) is 19.9 Å². The summed E-state index contributed by atoms with van der Waals surface area (Å²) in [5.41, 5.74) is 6.90. The maximum atomic E-state index is 10.5. The Balaban J connectivity index is 1.78. The Bertz CT molecular complexity index is 1190. The maximum absolute atomic E-state index is 10.5. The van der Waals surface area contributed by atoms with Crippen molar-refractivity contribution in [2.24, 2.45) is 0 Å². The van der Waals surface area contributed by atoms with Gasteiger partial charge in [-0.3, -0.25) is 4.40 Å². The highest BCUT2D eigenvalue weighted by Gasteiger charge is 2.22. The van der Waals surface area contributed by atoms with E-state index in [9.17, 15) is 5.11 Å². The zero-order chi connectivity index (χ0) is 19.0. The van der Waals surface area contributed by atoms with E-state index in [0.717, 1.165) is 0 Å². The molecule has 0 amide bonds. The smallest absolute Gasteiger partial charge is 0.220 e. The molecule has 134 valence electrons. The highest BCUT2D eigenvalue weighted by atomic mass is 35.5. The number of pyridine rings is 1. The minimum Gasteiger partial charge on any atom is -0.371 e. The topological polar surface area (TPSA) is 102 Å². The molecule has 7 nitrogen and oxygen atoms in total. The number of anilines is 1. The average molecular weight is 397 g/mol. The summed E-state index contributed by atoms with van der Waals surface area (Å²) >= 11 is 7.57. The molecule has 4 rings (SSSR count). The van der Waals surface area contributed by atoms with Crippen LogP contribution in [0.4, 0.5) is 5.95 Å². The molecule has 0 saturated heterocycles. The summed E-state index contributed by atoms with van der Waals surface area (Å²) < 4.78 is 1.82. The summed E-state index contributed by atoms with van der Waals surface area (Å²) in [4.78, 5) is 16.6. The molecule has 0 aliphatic carbocycles. The van der Waals surface area contributed by atoms with E-state index in [2.05, 4.69) is 31.8 Å². The van der Waals surface area contributed by atoms with Gasteiger partial charge in [-0.2, -0.15) is 0 Å². The van der Waals surface area contributed by atoms with Crippen molar-refractivity contribution in [3.63, 3.8) is 0 Å². The van der Waals surface area contributed by atoms with Crippen LogP contribution in [0.15, 0.2) is 42.3 Å². The number of imidazole rings is 1. The van der Waals surface area contributed by atoms with Gasteiger partial charge in [0, 0.05) is 23.3 Å². The van der Waals surface area contributed by atoms with Gasteiger partial charge in [0.25, 0.3) is 0 Å². The molecule has 0 saturated carbocycles. The Hall–Kier alpha value is -2.99. The van der Waals surface area contributed by atoms with Crippen molar-refractivity contribution in [3.05, 3.63) is 57.9 Å². The van der Waals surface area contributed by atoms with E-state index in [4.69, 9.17) is 17.3 Å². The fourth-order valence-electron chi connectivity index (χ4n) is 2.50. The van der Waals surface area contributed by atoms with E-state index < -0.39 is 5.60 Å². The fraction of sp³-hybridized carbons (Fsp3) is 0.111. The second-order valence-corrected chi connectivity index (χ2v) is 7.18. The largest absolute Gasteiger partial charge is 0.371 e. The van der Waals surface area contributed by atoms with E-state index >= 15 is 0 Å².